The molecule has 0 bridgehead atoms. The van der Waals surface area contributed by atoms with E-state index >= 15 is 0 Å². The summed E-state index contributed by atoms with van der Waals surface area (Å²) in [5, 5.41) is 0. The first-order valence-corrected chi connectivity index (χ1v) is 28.8. The zero-order chi connectivity index (χ0) is 44.2. The van der Waals surface area contributed by atoms with E-state index in [9.17, 15) is 9.59 Å². The van der Waals surface area contributed by atoms with Crippen LogP contribution in [0.5, 0.6) is 0 Å². The molecule has 0 aromatic carbocycles. The van der Waals surface area contributed by atoms with Crippen molar-refractivity contribution in [2.45, 2.75) is 194 Å². The van der Waals surface area contributed by atoms with E-state index in [1.54, 1.807) is 0 Å². The quantitative estimate of drug-likeness (QED) is 0.0256. The number of hydrogen-bond acceptors (Lipinski definition) is 10. The molecule has 0 amide bonds. The lowest BCUT2D eigenvalue weighted by molar-refractivity contribution is -0.145. The minimum atomic E-state index is -0.0214. The Hall–Kier alpha value is -1.04. The summed E-state index contributed by atoms with van der Waals surface area (Å²) in [6.07, 6.45) is 43.7. The van der Waals surface area contributed by atoms with E-state index in [1.807, 2.05) is 21.6 Å². The number of esters is 2. The molecule has 2 saturated heterocycles. The second kappa shape index (κ2) is 43.8. The molecule has 0 aromatic heterocycles. The molecule has 362 valence electrons. The minimum absolute atomic E-state index is 0.0214. The zero-order valence-electron chi connectivity index (χ0n) is 40.7. The first kappa shape index (κ1) is 57.1. The lowest BCUT2D eigenvalue weighted by Gasteiger charge is -2.34. The van der Waals surface area contributed by atoms with Gasteiger partial charge in [0.1, 0.15) is 13.2 Å². The van der Waals surface area contributed by atoms with Gasteiger partial charge in [0.15, 0.2) is 0 Å². The van der Waals surface area contributed by atoms with Crippen LogP contribution in [0.1, 0.15) is 194 Å². The standard InChI is InChI=1S/C52H98N4O4S2/c1-3-5-7-9-11-13-15-17-19-21-23-25-27-29-31-33-51(57)59-47-43-53-35-39-55(40-36-53)45-49-61-62-50-46-56-41-37-54(38-42-56)44-48-60-52(58)34-32-30-28-26-24-22-20-18-16-14-12-10-8-6-4-2/h17-20H,3-16,21-50H2,1-2H3/b19-17-,20-18-. The maximum absolute atomic E-state index is 12.2. The molecule has 2 fully saturated rings. The molecule has 0 spiro atoms. The fourth-order valence-electron chi connectivity index (χ4n) is 8.33. The number of allylic oxidation sites excluding steroid dienone is 4. The van der Waals surface area contributed by atoms with Gasteiger partial charge in [-0.15, -0.1) is 0 Å². The van der Waals surface area contributed by atoms with Gasteiger partial charge in [-0.3, -0.25) is 29.2 Å². The van der Waals surface area contributed by atoms with Gasteiger partial charge in [0.2, 0.25) is 0 Å². The van der Waals surface area contributed by atoms with Crippen molar-refractivity contribution in [3.05, 3.63) is 24.3 Å². The van der Waals surface area contributed by atoms with Gasteiger partial charge in [0.25, 0.3) is 0 Å². The molecule has 0 aliphatic carbocycles. The van der Waals surface area contributed by atoms with Crippen molar-refractivity contribution in [2.24, 2.45) is 0 Å². The van der Waals surface area contributed by atoms with E-state index in [2.05, 4.69) is 57.8 Å². The fraction of sp³-hybridized carbons (Fsp3) is 0.885. The van der Waals surface area contributed by atoms with Crippen molar-refractivity contribution in [1.82, 2.24) is 19.6 Å². The Bertz CT molecular complexity index is 983. The van der Waals surface area contributed by atoms with Crippen molar-refractivity contribution < 1.29 is 19.1 Å². The van der Waals surface area contributed by atoms with E-state index in [1.165, 1.54) is 153 Å². The predicted octanol–water partition coefficient (Wildman–Crippen LogP) is 12.8. The predicted molar refractivity (Wildman–Crippen MR) is 271 cm³/mol. The average Bonchev–Trinajstić information content (AvgIpc) is 3.28. The summed E-state index contributed by atoms with van der Waals surface area (Å²) >= 11 is 0. The maximum atomic E-state index is 12.2. The van der Waals surface area contributed by atoms with Crippen LogP contribution in [-0.2, 0) is 19.1 Å². The molecule has 2 rings (SSSR count). The van der Waals surface area contributed by atoms with Crippen LogP contribution in [0.3, 0.4) is 0 Å². The van der Waals surface area contributed by atoms with Crippen LogP contribution in [0, 0.1) is 0 Å². The normalized spacial score (nSPS) is 16.0. The third-order valence-corrected chi connectivity index (χ3v) is 15.0. The second-order valence-electron chi connectivity index (χ2n) is 18.1. The van der Waals surface area contributed by atoms with Gasteiger partial charge in [0.05, 0.1) is 0 Å². The highest BCUT2D eigenvalue weighted by atomic mass is 33.1. The van der Waals surface area contributed by atoms with Crippen molar-refractivity contribution in [2.75, 3.05) is 103 Å². The van der Waals surface area contributed by atoms with Gasteiger partial charge < -0.3 is 9.47 Å². The van der Waals surface area contributed by atoms with Gasteiger partial charge in [-0.05, 0) is 64.2 Å². The molecule has 2 aliphatic heterocycles. The molecule has 0 saturated carbocycles. The summed E-state index contributed by atoms with van der Waals surface area (Å²) in [6.45, 7) is 18.3. The number of carbonyl (C=O) groups excluding carboxylic acids is 2. The molecule has 10 heteroatoms. The summed E-state index contributed by atoms with van der Waals surface area (Å²) in [4.78, 5) is 34.5. The number of nitrogens with zero attached hydrogens (tertiary/aromatic N) is 4. The highest BCUT2D eigenvalue weighted by molar-refractivity contribution is 8.76. The van der Waals surface area contributed by atoms with Gasteiger partial charge in [-0.1, -0.05) is 162 Å². The lowest BCUT2D eigenvalue weighted by atomic mass is 10.1. The monoisotopic (exact) mass is 907 g/mol. The average molecular weight is 908 g/mol. The van der Waals surface area contributed by atoms with E-state index in [-0.39, 0.29) is 11.9 Å². The van der Waals surface area contributed by atoms with E-state index in [0.717, 1.165) is 104 Å². The van der Waals surface area contributed by atoms with Crippen LogP contribution in [0.15, 0.2) is 24.3 Å². The third kappa shape index (κ3) is 36.2. The number of piperazine rings is 2. The van der Waals surface area contributed by atoms with Gasteiger partial charge in [-0.25, -0.2) is 0 Å². The summed E-state index contributed by atoms with van der Waals surface area (Å²) < 4.78 is 11.1. The first-order valence-electron chi connectivity index (χ1n) is 26.4. The number of carbonyl (C=O) groups is 2. The smallest absolute Gasteiger partial charge is 0.305 e. The van der Waals surface area contributed by atoms with Gasteiger partial charge in [0, 0.05) is 103 Å². The molecule has 2 aliphatic rings. The number of unbranched alkanes of at least 4 members (excludes halogenated alkanes) is 22. The number of ether oxygens (including phenoxy) is 2. The lowest BCUT2D eigenvalue weighted by Crippen LogP contribution is -2.48. The van der Waals surface area contributed by atoms with Crippen LogP contribution in [0.25, 0.3) is 0 Å². The molecular weight excluding hydrogens is 809 g/mol. The van der Waals surface area contributed by atoms with Crippen LogP contribution in [0.4, 0.5) is 0 Å². The van der Waals surface area contributed by atoms with E-state index in [4.69, 9.17) is 9.47 Å². The molecule has 0 atom stereocenters. The van der Waals surface area contributed by atoms with Crippen LogP contribution >= 0.6 is 21.6 Å². The van der Waals surface area contributed by atoms with E-state index in [0.29, 0.717) is 26.1 Å². The molecular formula is C52H98N4O4S2. The SMILES string of the molecule is CCCCCCCC/C=C\CCCCCCCC(=O)OCCN1CCN(CCSSCCN2CCN(CCOC(=O)CCCCCCC/C=C\CCCCCCCC)CC2)CC1. The maximum Gasteiger partial charge on any atom is 0.305 e. The largest absolute Gasteiger partial charge is 0.464 e. The Morgan fingerprint density at radius 1 is 0.387 bits per heavy atom. The van der Waals surface area contributed by atoms with Gasteiger partial charge in [-0.2, -0.15) is 0 Å². The number of hydrogen-bond donors (Lipinski definition) is 0. The highest BCUT2D eigenvalue weighted by Crippen LogP contribution is 2.22. The van der Waals surface area contributed by atoms with Crippen molar-refractivity contribution in [1.29, 1.82) is 0 Å². The summed E-state index contributed by atoms with van der Waals surface area (Å²) in [7, 11) is 4.03. The Labute approximate surface area is 391 Å². The van der Waals surface area contributed by atoms with Crippen molar-refractivity contribution >= 4 is 33.5 Å². The molecule has 8 nitrogen and oxygen atoms in total. The Kier molecular flexibility index (Phi) is 40.4. The zero-order valence-corrected chi connectivity index (χ0v) is 42.3. The third-order valence-electron chi connectivity index (χ3n) is 12.6. The van der Waals surface area contributed by atoms with Crippen LogP contribution < -0.4 is 0 Å². The second-order valence-corrected chi connectivity index (χ2v) is 20.8. The first-order chi connectivity index (χ1) is 30.6. The topological polar surface area (TPSA) is 65.6 Å². The molecule has 0 N–H and O–H groups in total. The molecule has 0 unspecified atom stereocenters. The molecule has 0 radical (unpaired) electrons. The van der Waals surface area contributed by atoms with E-state index < -0.39 is 0 Å². The van der Waals surface area contributed by atoms with Crippen molar-refractivity contribution in [3.63, 3.8) is 0 Å². The van der Waals surface area contributed by atoms with Crippen molar-refractivity contribution in [3.8, 4) is 0 Å². The fourth-order valence-corrected chi connectivity index (χ4v) is 10.4. The molecule has 2 heterocycles. The Morgan fingerprint density at radius 2 is 0.661 bits per heavy atom. The molecule has 0 aromatic rings. The Morgan fingerprint density at radius 3 is 0.984 bits per heavy atom. The summed E-state index contributed by atoms with van der Waals surface area (Å²) in [5.41, 5.74) is 0. The van der Waals surface area contributed by atoms with Crippen LogP contribution in [-0.4, -0.2) is 135 Å². The van der Waals surface area contributed by atoms with Gasteiger partial charge >= 0.3 is 11.9 Å². The molecule has 62 heavy (non-hydrogen) atoms. The summed E-state index contributed by atoms with van der Waals surface area (Å²) in [6, 6.07) is 0. The summed E-state index contributed by atoms with van der Waals surface area (Å²) in [5.74, 6) is 2.30. The minimum Gasteiger partial charge on any atom is -0.464 e. The Balaban J connectivity index is 1.29. The highest BCUT2D eigenvalue weighted by Gasteiger charge is 2.18. The van der Waals surface area contributed by atoms with Crippen LogP contribution in [0.2, 0.25) is 0 Å². The number of rotatable bonds is 43.